The van der Waals surface area contributed by atoms with Crippen LogP contribution < -0.4 is 5.73 Å². The molecule has 0 saturated carbocycles. The molecule has 3 nitrogen and oxygen atoms in total. The molecule has 3 N–H and O–H groups in total. The van der Waals surface area contributed by atoms with E-state index in [9.17, 15) is 4.79 Å². The first kappa shape index (κ1) is 16.8. The van der Waals surface area contributed by atoms with Crippen molar-refractivity contribution >= 4 is 17.7 Å². The van der Waals surface area contributed by atoms with Crippen LogP contribution in [0.3, 0.4) is 0 Å². The SMILES string of the molecule is CCCCCCCCCCSC[C@H](N)C(=O)O. The second-order valence-electron chi connectivity index (χ2n) is 4.49. The predicted octanol–water partition coefficient (Wildman–Crippen LogP) is 3.27. The summed E-state index contributed by atoms with van der Waals surface area (Å²) in [6, 6.07) is -0.700. The minimum Gasteiger partial charge on any atom is -0.480 e. The summed E-state index contributed by atoms with van der Waals surface area (Å²) in [5.74, 6) is 0.676. The minimum absolute atomic E-state index is 0.534. The molecule has 0 aromatic rings. The summed E-state index contributed by atoms with van der Waals surface area (Å²) in [7, 11) is 0. The number of hydrogen-bond donors (Lipinski definition) is 2. The minimum atomic E-state index is -0.895. The highest BCUT2D eigenvalue weighted by Gasteiger charge is 2.10. The Labute approximate surface area is 110 Å². The van der Waals surface area contributed by atoms with Crippen molar-refractivity contribution in [3.63, 3.8) is 0 Å². The average Bonchev–Trinajstić information content (AvgIpc) is 2.31. The Morgan fingerprint density at radius 1 is 1.12 bits per heavy atom. The lowest BCUT2D eigenvalue weighted by molar-refractivity contribution is -0.137. The molecule has 0 spiro atoms. The Morgan fingerprint density at radius 2 is 1.65 bits per heavy atom. The first-order chi connectivity index (χ1) is 8.18. The van der Waals surface area contributed by atoms with Crippen LogP contribution in [-0.4, -0.2) is 28.6 Å². The van der Waals surface area contributed by atoms with E-state index >= 15 is 0 Å². The Balaban J connectivity index is 3.06. The largest absolute Gasteiger partial charge is 0.480 e. The van der Waals surface area contributed by atoms with Crippen LogP contribution in [0.15, 0.2) is 0 Å². The number of hydrogen-bond acceptors (Lipinski definition) is 3. The topological polar surface area (TPSA) is 63.3 Å². The lowest BCUT2D eigenvalue weighted by Crippen LogP contribution is -2.32. The average molecular weight is 261 g/mol. The normalized spacial score (nSPS) is 12.6. The summed E-state index contributed by atoms with van der Waals surface area (Å²) in [6.45, 7) is 2.24. The van der Waals surface area contributed by atoms with Gasteiger partial charge in [0.1, 0.15) is 6.04 Å². The van der Waals surface area contributed by atoms with Gasteiger partial charge in [0.15, 0.2) is 0 Å². The van der Waals surface area contributed by atoms with E-state index in [2.05, 4.69) is 6.92 Å². The predicted molar refractivity (Wildman–Crippen MR) is 75.5 cm³/mol. The van der Waals surface area contributed by atoms with E-state index in [0.29, 0.717) is 5.75 Å². The molecule has 0 amide bonds. The molecule has 0 heterocycles. The second kappa shape index (κ2) is 12.2. The van der Waals surface area contributed by atoms with Gasteiger partial charge in [0.2, 0.25) is 0 Å². The number of carbonyl (C=O) groups is 1. The fraction of sp³-hybridized carbons (Fsp3) is 0.923. The van der Waals surface area contributed by atoms with Crippen molar-refractivity contribution in [2.75, 3.05) is 11.5 Å². The van der Waals surface area contributed by atoms with E-state index in [1.807, 2.05) is 0 Å². The molecule has 102 valence electrons. The Kier molecular flexibility index (Phi) is 12.1. The van der Waals surface area contributed by atoms with Crippen LogP contribution in [0.2, 0.25) is 0 Å². The van der Waals surface area contributed by atoms with Crippen LogP contribution in [-0.2, 0) is 4.79 Å². The van der Waals surface area contributed by atoms with Crippen LogP contribution in [0.4, 0.5) is 0 Å². The number of rotatable bonds is 12. The lowest BCUT2D eigenvalue weighted by Gasteiger charge is -2.05. The zero-order chi connectivity index (χ0) is 12.9. The number of nitrogens with two attached hydrogens (primary N) is 1. The van der Waals surface area contributed by atoms with E-state index in [0.717, 1.165) is 5.75 Å². The van der Waals surface area contributed by atoms with E-state index in [1.54, 1.807) is 11.8 Å². The maximum atomic E-state index is 10.5. The summed E-state index contributed by atoms with van der Waals surface area (Å²) < 4.78 is 0. The molecule has 0 radical (unpaired) electrons. The van der Waals surface area contributed by atoms with Gasteiger partial charge in [-0.25, -0.2) is 0 Å². The molecule has 0 aromatic carbocycles. The van der Waals surface area contributed by atoms with Crippen LogP contribution in [0, 0.1) is 0 Å². The summed E-state index contributed by atoms with van der Waals surface area (Å²) in [5.41, 5.74) is 5.41. The summed E-state index contributed by atoms with van der Waals surface area (Å²) >= 11 is 1.66. The van der Waals surface area contributed by atoms with Crippen molar-refractivity contribution in [3.8, 4) is 0 Å². The highest BCUT2D eigenvalue weighted by atomic mass is 32.2. The fourth-order valence-corrected chi connectivity index (χ4v) is 2.59. The highest BCUT2D eigenvalue weighted by molar-refractivity contribution is 7.99. The standard InChI is InChI=1S/C13H27NO2S/c1-2-3-4-5-6-7-8-9-10-17-11-12(14)13(15)16/h12H,2-11,14H2,1H3,(H,15,16)/t12-/m0/s1. The van der Waals surface area contributed by atoms with Crippen molar-refractivity contribution in [1.82, 2.24) is 0 Å². The molecule has 0 unspecified atom stereocenters. The smallest absolute Gasteiger partial charge is 0.321 e. The molecule has 1 atom stereocenters. The summed E-state index contributed by atoms with van der Waals surface area (Å²) in [5, 5.41) is 8.59. The quantitative estimate of drug-likeness (QED) is 0.529. The van der Waals surface area contributed by atoms with Gasteiger partial charge in [-0.15, -0.1) is 0 Å². The van der Waals surface area contributed by atoms with Gasteiger partial charge < -0.3 is 10.8 Å². The molecule has 0 fully saturated rings. The molecule has 0 aliphatic carbocycles. The van der Waals surface area contributed by atoms with E-state index < -0.39 is 12.0 Å². The third-order valence-corrected chi connectivity index (χ3v) is 3.93. The second-order valence-corrected chi connectivity index (χ2v) is 5.64. The summed E-state index contributed by atoms with van der Waals surface area (Å²) in [4.78, 5) is 10.5. The van der Waals surface area contributed by atoms with E-state index in [1.165, 1.54) is 51.4 Å². The van der Waals surface area contributed by atoms with Gasteiger partial charge in [-0.3, -0.25) is 4.79 Å². The van der Waals surface area contributed by atoms with Gasteiger partial charge >= 0.3 is 5.97 Å². The van der Waals surface area contributed by atoms with Crippen molar-refractivity contribution in [2.24, 2.45) is 5.73 Å². The number of unbranched alkanes of at least 4 members (excludes halogenated alkanes) is 7. The highest BCUT2D eigenvalue weighted by Crippen LogP contribution is 2.11. The van der Waals surface area contributed by atoms with E-state index in [4.69, 9.17) is 10.8 Å². The third kappa shape index (κ3) is 12.0. The number of thioether (sulfide) groups is 1. The monoisotopic (exact) mass is 261 g/mol. The van der Waals surface area contributed by atoms with Gasteiger partial charge in [-0.1, -0.05) is 51.9 Å². The van der Waals surface area contributed by atoms with Crippen LogP contribution in [0.25, 0.3) is 0 Å². The van der Waals surface area contributed by atoms with Gasteiger partial charge in [-0.05, 0) is 12.2 Å². The van der Waals surface area contributed by atoms with Crippen LogP contribution in [0.5, 0.6) is 0 Å². The number of aliphatic carboxylic acids is 1. The molecular formula is C13H27NO2S. The fourth-order valence-electron chi connectivity index (χ4n) is 1.62. The maximum absolute atomic E-state index is 10.5. The molecular weight excluding hydrogens is 234 g/mol. The van der Waals surface area contributed by atoms with Gasteiger partial charge in [0.25, 0.3) is 0 Å². The molecule has 0 bridgehead atoms. The van der Waals surface area contributed by atoms with Crippen molar-refractivity contribution in [2.45, 2.75) is 64.3 Å². The molecule has 0 aliphatic heterocycles. The van der Waals surface area contributed by atoms with Gasteiger partial charge in [0.05, 0.1) is 0 Å². The Bertz CT molecular complexity index is 188. The number of carboxylic acid groups (broad SMARTS) is 1. The first-order valence-corrected chi connectivity index (χ1v) is 7.90. The first-order valence-electron chi connectivity index (χ1n) is 6.74. The lowest BCUT2D eigenvalue weighted by atomic mass is 10.1. The van der Waals surface area contributed by atoms with Gasteiger partial charge in [0, 0.05) is 5.75 Å². The molecule has 0 aromatic heterocycles. The molecule has 4 heteroatoms. The zero-order valence-electron chi connectivity index (χ0n) is 11.0. The van der Waals surface area contributed by atoms with E-state index in [-0.39, 0.29) is 0 Å². The van der Waals surface area contributed by atoms with Gasteiger partial charge in [-0.2, -0.15) is 11.8 Å². The maximum Gasteiger partial charge on any atom is 0.321 e. The third-order valence-electron chi connectivity index (χ3n) is 2.76. The zero-order valence-corrected chi connectivity index (χ0v) is 11.8. The Morgan fingerprint density at radius 3 is 2.18 bits per heavy atom. The number of carboxylic acids is 1. The molecule has 0 rings (SSSR count). The molecule has 0 aliphatic rings. The van der Waals surface area contributed by atoms with Crippen molar-refractivity contribution < 1.29 is 9.90 Å². The van der Waals surface area contributed by atoms with Crippen LogP contribution in [0.1, 0.15) is 58.3 Å². The summed E-state index contributed by atoms with van der Waals surface area (Å²) in [6.07, 6.45) is 10.5. The molecule has 0 saturated heterocycles. The van der Waals surface area contributed by atoms with Crippen molar-refractivity contribution in [3.05, 3.63) is 0 Å². The Hall–Kier alpha value is -0.220. The van der Waals surface area contributed by atoms with Crippen molar-refractivity contribution in [1.29, 1.82) is 0 Å². The van der Waals surface area contributed by atoms with Crippen LogP contribution >= 0.6 is 11.8 Å². The molecule has 17 heavy (non-hydrogen) atoms.